The summed E-state index contributed by atoms with van der Waals surface area (Å²) in [5.74, 6) is -0.960. The third kappa shape index (κ3) is 2.71. The lowest BCUT2D eigenvalue weighted by Gasteiger charge is -2.24. The van der Waals surface area contributed by atoms with Crippen molar-refractivity contribution in [1.82, 2.24) is 0 Å². The highest BCUT2D eigenvalue weighted by Crippen LogP contribution is 2.38. The summed E-state index contributed by atoms with van der Waals surface area (Å²) in [4.78, 5) is 24.1. The average molecular weight is 250 g/mol. The molecular weight excluding hydrogens is 228 g/mol. The van der Waals surface area contributed by atoms with Crippen LogP contribution in [-0.2, 0) is 14.3 Å². The molecule has 3 heteroatoms. The van der Waals surface area contributed by atoms with Crippen molar-refractivity contribution in [3.63, 3.8) is 0 Å². The van der Waals surface area contributed by atoms with Gasteiger partial charge in [0.1, 0.15) is 11.5 Å². The van der Waals surface area contributed by atoms with E-state index in [0.29, 0.717) is 11.1 Å². The lowest BCUT2D eigenvalue weighted by molar-refractivity contribution is -0.157. The van der Waals surface area contributed by atoms with Crippen molar-refractivity contribution < 1.29 is 14.3 Å². The normalized spacial score (nSPS) is 20.9. The minimum Gasteiger partial charge on any atom is -0.459 e. The summed E-state index contributed by atoms with van der Waals surface area (Å²) >= 11 is 0. The van der Waals surface area contributed by atoms with Gasteiger partial charge in [0.15, 0.2) is 5.78 Å². The first kappa shape index (κ1) is 14.7. The Labute approximate surface area is 109 Å². The Balaban J connectivity index is 3.11. The Hall–Kier alpha value is -1.38. The zero-order valence-electron chi connectivity index (χ0n) is 12.1. The molecule has 1 aliphatic rings. The standard InChI is InChI=1S/C15H22O3/c1-8(2)11-9(3)13(16)10(4)12(11)14(17)18-15(5,6)7/h8,12H,4H2,1-3,5-7H3. The summed E-state index contributed by atoms with van der Waals surface area (Å²) in [6.07, 6.45) is 0. The number of esters is 1. The third-order valence-electron chi connectivity index (χ3n) is 2.99. The fourth-order valence-electron chi connectivity index (χ4n) is 2.30. The maximum atomic E-state index is 12.2. The first-order valence-electron chi connectivity index (χ1n) is 6.23. The molecule has 0 aromatic rings. The van der Waals surface area contributed by atoms with Crippen LogP contribution in [0.4, 0.5) is 0 Å². The molecule has 0 fully saturated rings. The Morgan fingerprint density at radius 1 is 1.33 bits per heavy atom. The summed E-state index contributed by atoms with van der Waals surface area (Å²) in [5, 5.41) is 0. The Kier molecular flexibility index (Phi) is 3.84. The molecule has 1 unspecified atom stereocenters. The van der Waals surface area contributed by atoms with E-state index in [1.165, 1.54) is 0 Å². The largest absolute Gasteiger partial charge is 0.459 e. The van der Waals surface area contributed by atoms with Crippen LogP contribution in [0.15, 0.2) is 23.3 Å². The first-order valence-corrected chi connectivity index (χ1v) is 6.23. The topological polar surface area (TPSA) is 43.4 Å². The van der Waals surface area contributed by atoms with E-state index in [0.717, 1.165) is 5.57 Å². The summed E-state index contributed by atoms with van der Waals surface area (Å²) in [6, 6.07) is 0. The van der Waals surface area contributed by atoms with Gasteiger partial charge < -0.3 is 4.74 Å². The van der Waals surface area contributed by atoms with E-state index in [4.69, 9.17) is 4.74 Å². The minimum absolute atomic E-state index is 0.116. The zero-order valence-corrected chi connectivity index (χ0v) is 12.1. The van der Waals surface area contributed by atoms with E-state index in [1.54, 1.807) is 6.92 Å². The Morgan fingerprint density at radius 2 is 1.83 bits per heavy atom. The van der Waals surface area contributed by atoms with Gasteiger partial charge in [-0.2, -0.15) is 0 Å². The number of ether oxygens (including phenoxy) is 1. The van der Waals surface area contributed by atoms with Crippen molar-refractivity contribution in [1.29, 1.82) is 0 Å². The molecule has 0 saturated heterocycles. The van der Waals surface area contributed by atoms with Crippen molar-refractivity contribution in [2.75, 3.05) is 0 Å². The van der Waals surface area contributed by atoms with Crippen LogP contribution in [0.5, 0.6) is 0 Å². The lowest BCUT2D eigenvalue weighted by atomic mass is 9.89. The van der Waals surface area contributed by atoms with Crippen molar-refractivity contribution >= 4 is 11.8 Å². The number of carbonyl (C=O) groups is 2. The number of hydrogen-bond acceptors (Lipinski definition) is 3. The summed E-state index contributed by atoms with van der Waals surface area (Å²) < 4.78 is 5.38. The molecule has 1 atom stereocenters. The molecule has 0 radical (unpaired) electrons. The first-order chi connectivity index (χ1) is 8.06. The number of rotatable bonds is 2. The number of ketones is 1. The molecule has 1 rings (SSSR count). The van der Waals surface area contributed by atoms with Crippen molar-refractivity contribution in [2.45, 2.75) is 47.1 Å². The second-order valence-electron chi connectivity index (χ2n) is 6.06. The highest BCUT2D eigenvalue weighted by molar-refractivity contribution is 6.15. The summed E-state index contributed by atoms with van der Waals surface area (Å²) in [5.41, 5.74) is 1.27. The van der Waals surface area contributed by atoms with Gasteiger partial charge in [0, 0.05) is 5.57 Å². The predicted molar refractivity (Wildman–Crippen MR) is 71.0 cm³/mol. The average Bonchev–Trinajstić information content (AvgIpc) is 2.39. The van der Waals surface area contributed by atoms with Gasteiger partial charge in [-0.1, -0.05) is 20.4 Å². The molecule has 0 heterocycles. The molecule has 18 heavy (non-hydrogen) atoms. The molecule has 0 saturated carbocycles. The van der Waals surface area contributed by atoms with Crippen LogP contribution in [0.3, 0.4) is 0 Å². The molecule has 0 spiro atoms. The van der Waals surface area contributed by atoms with E-state index in [2.05, 4.69) is 6.58 Å². The van der Waals surface area contributed by atoms with Crippen LogP contribution >= 0.6 is 0 Å². The molecule has 0 N–H and O–H groups in total. The van der Waals surface area contributed by atoms with Gasteiger partial charge >= 0.3 is 5.97 Å². The van der Waals surface area contributed by atoms with Crippen LogP contribution in [0, 0.1) is 11.8 Å². The zero-order chi connectivity index (χ0) is 14.2. The van der Waals surface area contributed by atoms with Crippen molar-refractivity contribution in [3.8, 4) is 0 Å². The summed E-state index contributed by atoms with van der Waals surface area (Å²) in [7, 11) is 0. The van der Waals surface area contributed by atoms with Gasteiger partial charge in [0.2, 0.25) is 0 Å². The number of Topliss-reactive ketones (excluding diaryl/α,β-unsaturated/α-hetero) is 1. The Bertz CT molecular complexity index is 433. The van der Waals surface area contributed by atoms with Crippen molar-refractivity contribution in [2.24, 2.45) is 11.8 Å². The van der Waals surface area contributed by atoms with E-state index in [1.807, 2.05) is 34.6 Å². The monoisotopic (exact) mass is 250 g/mol. The van der Waals surface area contributed by atoms with Gasteiger partial charge in [-0.3, -0.25) is 9.59 Å². The third-order valence-corrected chi connectivity index (χ3v) is 2.99. The lowest BCUT2D eigenvalue weighted by Crippen LogP contribution is -2.30. The van der Waals surface area contributed by atoms with Gasteiger partial charge in [-0.05, 0) is 44.8 Å². The molecule has 0 aliphatic heterocycles. The molecule has 0 amide bonds. The van der Waals surface area contributed by atoms with Gasteiger partial charge in [-0.15, -0.1) is 0 Å². The quantitative estimate of drug-likeness (QED) is 0.559. The SMILES string of the molecule is C=C1C(=O)C(C)=C(C(C)C)C1C(=O)OC(C)(C)C. The molecule has 100 valence electrons. The van der Waals surface area contributed by atoms with Crippen molar-refractivity contribution in [3.05, 3.63) is 23.3 Å². The molecule has 1 aliphatic carbocycles. The van der Waals surface area contributed by atoms with E-state index in [-0.39, 0.29) is 17.7 Å². The minimum atomic E-state index is -0.600. The van der Waals surface area contributed by atoms with Gasteiger partial charge in [-0.25, -0.2) is 0 Å². The second kappa shape index (κ2) is 4.71. The maximum absolute atomic E-state index is 12.2. The predicted octanol–water partition coefficient (Wildman–Crippen LogP) is 3.06. The number of hydrogen-bond donors (Lipinski definition) is 0. The molecule has 0 aromatic heterocycles. The van der Waals surface area contributed by atoms with Gasteiger partial charge in [0.05, 0.1) is 0 Å². The fraction of sp³-hybridized carbons (Fsp3) is 0.600. The number of allylic oxidation sites excluding steroid dienone is 1. The van der Waals surface area contributed by atoms with Crippen LogP contribution in [0.1, 0.15) is 41.5 Å². The van der Waals surface area contributed by atoms with Gasteiger partial charge in [0.25, 0.3) is 0 Å². The molecular formula is C15H22O3. The molecule has 3 nitrogen and oxygen atoms in total. The highest BCUT2D eigenvalue weighted by atomic mass is 16.6. The number of carbonyl (C=O) groups excluding carboxylic acids is 2. The van der Waals surface area contributed by atoms with E-state index in [9.17, 15) is 9.59 Å². The highest BCUT2D eigenvalue weighted by Gasteiger charge is 2.41. The van der Waals surface area contributed by atoms with E-state index >= 15 is 0 Å². The smallest absolute Gasteiger partial charge is 0.318 e. The molecule has 0 bridgehead atoms. The Morgan fingerprint density at radius 3 is 2.22 bits per heavy atom. The maximum Gasteiger partial charge on any atom is 0.318 e. The molecule has 0 aromatic carbocycles. The van der Waals surface area contributed by atoms with Crippen LogP contribution in [0.2, 0.25) is 0 Å². The van der Waals surface area contributed by atoms with Crippen LogP contribution < -0.4 is 0 Å². The summed E-state index contributed by atoms with van der Waals surface area (Å²) in [6.45, 7) is 14.9. The second-order valence-corrected chi connectivity index (χ2v) is 6.06. The van der Waals surface area contributed by atoms with E-state index < -0.39 is 11.5 Å². The van der Waals surface area contributed by atoms with Crippen LogP contribution in [-0.4, -0.2) is 17.4 Å². The van der Waals surface area contributed by atoms with Crippen LogP contribution in [0.25, 0.3) is 0 Å². The fourth-order valence-corrected chi connectivity index (χ4v) is 2.30.